The molecule has 0 amide bonds. The zero-order valence-electron chi connectivity index (χ0n) is 10.7. The molecule has 8 heteroatoms. The second-order valence-electron chi connectivity index (χ2n) is 4.08. The van der Waals surface area contributed by atoms with Crippen molar-refractivity contribution in [1.29, 1.82) is 0 Å². The van der Waals surface area contributed by atoms with Gasteiger partial charge in [0.05, 0.1) is 23.8 Å². The molecule has 8 nitrogen and oxygen atoms in total. The van der Waals surface area contributed by atoms with Gasteiger partial charge in [-0.3, -0.25) is 9.78 Å². The maximum absolute atomic E-state index is 4.40. The maximum Gasteiger partial charge on any atom is 0.226 e. The molecule has 3 aromatic rings. The van der Waals surface area contributed by atoms with Crippen LogP contribution in [0.4, 0.5) is 11.8 Å². The monoisotopic (exact) mass is 258 g/mol. The molecule has 0 saturated carbocycles. The van der Waals surface area contributed by atoms with Crippen LogP contribution in [0.1, 0.15) is 5.69 Å². The molecule has 0 unspecified atom stereocenters. The number of hydrogen-bond donors (Lipinski definition) is 3. The van der Waals surface area contributed by atoms with Crippen LogP contribution in [0.25, 0.3) is 11.0 Å². The van der Waals surface area contributed by atoms with Gasteiger partial charge < -0.3 is 10.6 Å². The van der Waals surface area contributed by atoms with E-state index < -0.39 is 0 Å². The zero-order chi connectivity index (χ0) is 13.2. The Morgan fingerprint density at radius 3 is 3.00 bits per heavy atom. The standard InChI is InChI=1S/C11H14N8/c1-12-11-16-9(8-6-14-18-10(8)17-11)13-5-7-3-4-15-19(7)2/h3-4,6H,5H2,1-2H3,(H3,12,13,14,16,17,18). The van der Waals surface area contributed by atoms with E-state index in [0.717, 1.165) is 16.9 Å². The van der Waals surface area contributed by atoms with Crippen LogP contribution in [0.2, 0.25) is 0 Å². The largest absolute Gasteiger partial charge is 0.364 e. The van der Waals surface area contributed by atoms with Crippen molar-refractivity contribution in [2.75, 3.05) is 17.7 Å². The average molecular weight is 258 g/mol. The van der Waals surface area contributed by atoms with Crippen molar-refractivity contribution in [3.63, 3.8) is 0 Å². The highest BCUT2D eigenvalue weighted by atomic mass is 15.3. The highest BCUT2D eigenvalue weighted by Gasteiger charge is 2.09. The molecule has 0 aliphatic carbocycles. The zero-order valence-corrected chi connectivity index (χ0v) is 10.7. The molecular weight excluding hydrogens is 244 g/mol. The second kappa shape index (κ2) is 4.56. The lowest BCUT2D eigenvalue weighted by atomic mass is 10.3. The molecule has 0 aliphatic heterocycles. The molecule has 98 valence electrons. The van der Waals surface area contributed by atoms with Gasteiger partial charge in [-0.1, -0.05) is 0 Å². The van der Waals surface area contributed by atoms with Crippen molar-refractivity contribution in [3.05, 3.63) is 24.2 Å². The summed E-state index contributed by atoms with van der Waals surface area (Å²) in [4.78, 5) is 8.68. The van der Waals surface area contributed by atoms with E-state index in [2.05, 4.69) is 35.9 Å². The van der Waals surface area contributed by atoms with Gasteiger partial charge in [0.25, 0.3) is 0 Å². The predicted octanol–water partition coefficient (Wildman–Crippen LogP) is 0.740. The molecule has 0 fully saturated rings. The summed E-state index contributed by atoms with van der Waals surface area (Å²) in [6, 6.07) is 1.96. The Hall–Kier alpha value is -2.64. The molecule has 0 radical (unpaired) electrons. The minimum absolute atomic E-state index is 0.546. The van der Waals surface area contributed by atoms with Crippen LogP contribution in [0.3, 0.4) is 0 Å². The molecule has 0 aliphatic rings. The third kappa shape index (κ3) is 2.07. The first-order valence-electron chi connectivity index (χ1n) is 5.87. The minimum atomic E-state index is 0.546. The molecule has 0 aromatic carbocycles. The van der Waals surface area contributed by atoms with Crippen molar-refractivity contribution in [3.8, 4) is 0 Å². The number of fused-ring (bicyclic) bond motifs is 1. The van der Waals surface area contributed by atoms with Crippen LogP contribution >= 0.6 is 0 Å². The molecule has 0 atom stereocenters. The fourth-order valence-corrected chi connectivity index (χ4v) is 1.83. The van der Waals surface area contributed by atoms with E-state index in [4.69, 9.17) is 0 Å². The summed E-state index contributed by atoms with van der Waals surface area (Å²) in [5.74, 6) is 1.29. The summed E-state index contributed by atoms with van der Waals surface area (Å²) in [5, 5.41) is 18.0. The summed E-state index contributed by atoms with van der Waals surface area (Å²) >= 11 is 0. The third-order valence-corrected chi connectivity index (χ3v) is 2.89. The van der Waals surface area contributed by atoms with Crippen LogP contribution in [0.15, 0.2) is 18.5 Å². The number of aromatic amines is 1. The van der Waals surface area contributed by atoms with Crippen molar-refractivity contribution in [2.45, 2.75) is 6.54 Å². The fraction of sp³-hybridized carbons (Fsp3) is 0.273. The van der Waals surface area contributed by atoms with Crippen LogP contribution in [0.5, 0.6) is 0 Å². The highest BCUT2D eigenvalue weighted by Crippen LogP contribution is 2.20. The van der Waals surface area contributed by atoms with E-state index >= 15 is 0 Å². The number of H-pyrrole nitrogens is 1. The molecular formula is C11H14N8. The van der Waals surface area contributed by atoms with Gasteiger partial charge in [-0.2, -0.15) is 20.2 Å². The van der Waals surface area contributed by atoms with Gasteiger partial charge in [0.15, 0.2) is 5.65 Å². The third-order valence-electron chi connectivity index (χ3n) is 2.89. The first-order valence-corrected chi connectivity index (χ1v) is 5.87. The number of anilines is 2. The van der Waals surface area contributed by atoms with Gasteiger partial charge in [-0.25, -0.2) is 0 Å². The van der Waals surface area contributed by atoms with Gasteiger partial charge in [-0.05, 0) is 6.07 Å². The van der Waals surface area contributed by atoms with Gasteiger partial charge in [-0.15, -0.1) is 0 Å². The molecule has 0 spiro atoms. The topological polar surface area (TPSA) is 96.3 Å². The van der Waals surface area contributed by atoms with E-state index in [1.54, 1.807) is 19.4 Å². The number of nitrogens with zero attached hydrogens (tertiary/aromatic N) is 5. The Morgan fingerprint density at radius 2 is 2.26 bits per heavy atom. The molecule has 0 saturated heterocycles. The van der Waals surface area contributed by atoms with Crippen molar-refractivity contribution in [1.82, 2.24) is 29.9 Å². The number of nitrogens with one attached hydrogen (secondary N) is 3. The molecule has 3 N–H and O–H groups in total. The summed E-state index contributed by atoms with van der Waals surface area (Å²) < 4.78 is 1.82. The quantitative estimate of drug-likeness (QED) is 0.638. The minimum Gasteiger partial charge on any atom is -0.364 e. The number of hydrogen-bond acceptors (Lipinski definition) is 6. The summed E-state index contributed by atoms with van der Waals surface area (Å²) in [7, 11) is 3.69. The number of aromatic nitrogens is 6. The molecule has 3 aromatic heterocycles. The first-order chi connectivity index (χ1) is 9.28. The lowest BCUT2D eigenvalue weighted by Gasteiger charge is -2.08. The van der Waals surface area contributed by atoms with E-state index in [9.17, 15) is 0 Å². The van der Waals surface area contributed by atoms with Crippen molar-refractivity contribution >= 4 is 22.8 Å². The molecule has 3 heterocycles. The fourth-order valence-electron chi connectivity index (χ4n) is 1.83. The van der Waals surface area contributed by atoms with Crippen molar-refractivity contribution in [2.24, 2.45) is 7.05 Å². The van der Waals surface area contributed by atoms with Gasteiger partial charge >= 0.3 is 0 Å². The summed E-state index contributed by atoms with van der Waals surface area (Å²) in [6.45, 7) is 0.636. The number of rotatable bonds is 4. The van der Waals surface area contributed by atoms with Crippen LogP contribution < -0.4 is 10.6 Å². The van der Waals surface area contributed by atoms with Crippen LogP contribution in [-0.4, -0.2) is 37.0 Å². The van der Waals surface area contributed by atoms with Crippen LogP contribution in [0, 0.1) is 0 Å². The Morgan fingerprint density at radius 1 is 1.37 bits per heavy atom. The van der Waals surface area contributed by atoms with E-state index in [0.29, 0.717) is 18.1 Å². The van der Waals surface area contributed by atoms with E-state index in [1.807, 2.05) is 17.8 Å². The van der Waals surface area contributed by atoms with E-state index in [1.165, 1.54) is 0 Å². The Labute approximate surface area is 109 Å². The second-order valence-corrected chi connectivity index (χ2v) is 4.08. The summed E-state index contributed by atoms with van der Waals surface area (Å²) in [6.07, 6.45) is 3.48. The molecule has 3 rings (SSSR count). The van der Waals surface area contributed by atoms with Gasteiger partial charge in [0.1, 0.15) is 5.82 Å². The van der Waals surface area contributed by atoms with Crippen molar-refractivity contribution < 1.29 is 0 Å². The smallest absolute Gasteiger partial charge is 0.226 e. The van der Waals surface area contributed by atoms with Crippen LogP contribution in [-0.2, 0) is 13.6 Å². The first kappa shape index (κ1) is 11.5. The lowest BCUT2D eigenvalue weighted by Crippen LogP contribution is -2.08. The molecule has 19 heavy (non-hydrogen) atoms. The van der Waals surface area contributed by atoms with E-state index in [-0.39, 0.29) is 0 Å². The maximum atomic E-state index is 4.40. The highest BCUT2D eigenvalue weighted by molar-refractivity contribution is 5.86. The Bertz CT molecular complexity index is 698. The summed E-state index contributed by atoms with van der Waals surface area (Å²) in [5.41, 5.74) is 1.77. The normalized spacial score (nSPS) is 10.8. The number of aryl methyl sites for hydroxylation is 1. The predicted molar refractivity (Wildman–Crippen MR) is 71.8 cm³/mol. The SMILES string of the molecule is CNc1nc(NCc2ccnn2C)c2cn[nH]c2n1. The van der Waals surface area contributed by atoms with Gasteiger partial charge in [0.2, 0.25) is 5.95 Å². The Kier molecular flexibility index (Phi) is 2.75. The lowest BCUT2D eigenvalue weighted by molar-refractivity contribution is 0.720. The average Bonchev–Trinajstić information content (AvgIpc) is 3.04. The van der Waals surface area contributed by atoms with Gasteiger partial charge in [0, 0.05) is 20.3 Å². The Balaban J connectivity index is 1.91. The molecule has 0 bridgehead atoms.